The number of aromatic amines is 1. The smallest absolute Gasteiger partial charge is 0.329 e. The van der Waals surface area contributed by atoms with Crippen molar-refractivity contribution in [3.05, 3.63) is 26.4 Å². The number of fused-ring (bicyclic) bond motifs is 1. The average Bonchev–Trinajstić information content (AvgIpc) is 2.59. The van der Waals surface area contributed by atoms with Gasteiger partial charge in [0.2, 0.25) is 0 Å². The van der Waals surface area contributed by atoms with E-state index >= 15 is 0 Å². The number of nitrogens with two attached hydrogens (primary N) is 1. The lowest BCUT2D eigenvalue weighted by Gasteiger charge is -2.43. The van der Waals surface area contributed by atoms with Crippen LogP contribution in [0.4, 0.5) is 5.82 Å². The predicted molar refractivity (Wildman–Crippen MR) is 96.9 cm³/mol. The van der Waals surface area contributed by atoms with Crippen LogP contribution in [0.15, 0.2) is 9.59 Å². The molecule has 7 nitrogen and oxygen atoms in total. The number of anilines is 1. The van der Waals surface area contributed by atoms with Crippen molar-refractivity contribution < 1.29 is 4.79 Å². The molecule has 0 aromatic carbocycles. The van der Waals surface area contributed by atoms with Gasteiger partial charge in [0.1, 0.15) is 11.4 Å². The number of piperidine rings is 1. The maximum atomic E-state index is 12.8. The molecule has 7 heteroatoms. The molecule has 25 heavy (non-hydrogen) atoms. The first-order valence-corrected chi connectivity index (χ1v) is 9.42. The van der Waals surface area contributed by atoms with Crippen LogP contribution in [0.25, 0.3) is 0 Å². The lowest BCUT2D eigenvalue weighted by molar-refractivity contribution is 0.0538. The largest absolute Gasteiger partial charge is 0.384 e. The third kappa shape index (κ3) is 3.56. The third-order valence-corrected chi connectivity index (χ3v) is 5.67. The minimum absolute atomic E-state index is 0.00203. The van der Waals surface area contributed by atoms with Gasteiger partial charge in [0, 0.05) is 12.6 Å². The van der Waals surface area contributed by atoms with Crippen LogP contribution >= 0.6 is 0 Å². The number of H-pyrrole nitrogens is 1. The highest BCUT2D eigenvalue weighted by Gasteiger charge is 2.34. The number of nitrogen functional groups attached to an aromatic ring is 1. The molecular weight excluding hydrogens is 320 g/mol. The first-order chi connectivity index (χ1) is 12.0. The van der Waals surface area contributed by atoms with Crippen LogP contribution in [-0.4, -0.2) is 39.4 Å². The van der Waals surface area contributed by atoms with Crippen LogP contribution in [0.2, 0.25) is 0 Å². The Labute approximate surface area is 147 Å². The van der Waals surface area contributed by atoms with E-state index in [4.69, 9.17) is 5.73 Å². The fourth-order valence-electron chi connectivity index (χ4n) is 4.49. The molecule has 1 saturated carbocycles. The van der Waals surface area contributed by atoms with Gasteiger partial charge >= 0.3 is 5.69 Å². The molecule has 0 bridgehead atoms. The Morgan fingerprint density at radius 1 is 1.20 bits per heavy atom. The Kier molecular flexibility index (Phi) is 5.42. The van der Waals surface area contributed by atoms with Crippen molar-refractivity contribution >= 4 is 11.6 Å². The Morgan fingerprint density at radius 2 is 1.92 bits per heavy atom. The van der Waals surface area contributed by atoms with Crippen LogP contribution in [0.3, 0.4) is 0 Å². The molecule has 3 N–H and O–H groups in total. The van der Waals surface area contributed by atoms with Crippen LogP contribution in [0, 0.1) is 5.92 Å². The van der Waals surface area contributed by atoms with Gasteiger partial charge in [-0.1, -0.05) is 19.8 Å². The van der Waals surface area contributed by atoms with E-state index in [0.717, 1.165) is 19.4 Å². The normalized spacial score (nSPS) is 24.0. The topological polar surface area (TPSA) is 101 Å². The number of carbonyl (C=O) groups is 1. The van der Waals surface area contributed by atoms with Gasteiger partial charge in [-0.3, -0.25) is 24.0 Å². The second kappa shape index (κ2) is 7.56. The number of aromatic nitrogens is 2. The molecule has 1 aromatic heterocycles. The van der Waals surface area contributed by atoms with Gasteiger partial charge in [-0.15, -0.1) is 0 Å². The molecule has 138 valence electrons. The van der Waals surface area contributed by atoms with Crippen molar-refractivity contribution in [1.82, 2.24) is 14.5 Å². The summed E-state index contributed by atoms with van der Waals surface area (Å²) in [6.45, 7) is 3.39. The second-order valence-electron chi connectivity index (χ2n) is 7.32. The average molecular weight is 348 g/mol. The van der Waals surface area contributed by atoms with Crippen molar-refractivity contribution in [3.8, 4) is 0 Å². The molecule has 0 amide bonds. The summed E-state index contributed by atoms with van der Waals surface area (Å²) in [6.07, 6.45) is 7.86. The van der Waals surface area contributed by atoms with Gasteiger partial charge < -0.3 is 5.73 Å². The maximum Gasteiger partial charge on any atom is 0.329 e. The minimum atomic E-state index is -0.669. The van der Waals surface area contributed by atoms with Gasteiger partial charge in [0.25, 0.3) is 5.56 Å². The van der Waals surface area contributed by atoms with Gasteiger partial charge in [-0.2, -0.15) is 0 Å². The summed E-state index contributed by atoms with van der Waals surface area (Å²) in [5, 5.41) is 0. The van der Waals surface area contributed by atoms with E-state index in [1.54, 1.807) is 0 Å². The summed E-state index contributed by atoms with van der Waals surface area (Å²) in [7, 11) is 0. The zero-order chi connectivity index (χ0) is 18.0. The number of hydrogen-bond acceptors (Lipinski definition) is 5. The Hall–Kier alpha value is -1.89. The van der Waals surface area contributed by atoms with Crippen molar-refractivity contribution in [2.75, 3.05) is 18.8 Å². The lowest BCUT2D eigenvalue weighted by Crippen LogP contribution is -2.49. The quantitative estimate of drug-likeness (QED) is 0.783. The molecular formula is C18H28N4O3. The van der Waals surface area contributed by atoms with E-state index in [1.807, 2.05) is 6.92 Å². The lowest BCUT2D eigenvalue weighted by atomic mass is 9.78. The number of Topliss-reactive ketones (excluding diaryl/α,β-unsaturated/α-hetero) is 1. The second-order valence-corrected chi connectivity index (χ2v) is 7.32. The fourth-order valence-corrected chi connectivity index (χ4v) is 4.49. The number of carbonyl (C=O) groups excluding carboxylic acids is 1. The minimum Gasteiger partial charge on any atom is -0.384 e. The van der Waals surface area contributed by atoms with Crippen LogP contribution in [0.1, 0.15) is 62.2 Å². The number of rotatable bonds is 5. The van der Waals surface area contributed by atoms with Crippen molar-refractivity contribution in [2.45, 2.75) is 64.5 Å². The van der Waals surface area contributed by atoms with E-state index in [1.165, 1.54) is 30.3 Å². The summed E-state index contributed by atoms with van der Waals surface area (Å²) in [5.74, 6) is 0.382. The predicted octanol–water partition coefficient (Wildman–Crippen LogP) is 1.37. The molecule has 0 spiro atoms. The molecule has 1 saturated heterocycles. The highest BCUT2D eigenvalue weighted by atomic mass is 16.2. The van der Waals surface area contributed by atoms with E-state index < -0.39 is 11.2 Å². The SMILES string of the molecule is CCCn1c(N)c(C(=O)CN2CCCC3CCCCC32)c(=O)[nH]c1=O. The summed E-state index contributed by atoms with van der Waals surface area (Å²) < 4.78 is 1.29. The number of likely N-dealkylation sites (tertiary alicyclic amines) is 1. The fraction of sp³-hybridized carbons (Fsp3) is 0.722. The summed E-state index contributed by atoms with van der Waals surface area (Å²) in [6, 6.07) is 0.438. The van der Waals surface area contributed by atoms with Gasteiger partial charge in [-0.25, -0.2) is 4.79 Å². The molecule has 0 radical (unpaired) electrons. The Morgan fingerprint density at radius 3 is 2.68 bits per heavy atom. The molecule has 3 rings (SSSR count). The first kappa shape index (κ1) is 17.9. The van der Waals surface area contributed by atoms with E-state index in [-0.39, 0.29) is 23.7 Å². The number of hydrogen-bond donors (Lipinski definition) is 2. The van der Waals surface area contributed by atoms with Crippen LogP contribution < -0.4 is 17.0 Å². The molecule has 2 atom stereocenters. The number of nitrogens with one attached hydrogen (secondary N) is 1. The van der Waals surface area contributed by atoms with E-state index in [9.17, 15) is 14.4 Å². The summed E-state index contributed by atoms with van der Waals surface area (Å²) >= 11 is 0. The van der Waals surface area contributed by atoms with Crippen LogP contribution in [0.5, 0.6) is 0 Å². The van der Waals surface area contributed by atoms with Gasteiger partial charge in [0.05, 0.1) is 6.54 Å². The van der Waals surface area contributed by atoms with Crippen molar-refractivity contribution in [1.29, 1.82) is 0 Å². The number of ketones is 1. The zero-order valence-electron chi connectivity index (χ0n) is 14.9. The van der Waals surface area contributed by atoms with Crippen LogP contribution in [-0.2, 0) is 6.54 Å². The maximum absolute atomic E-state index is 12.8. The van der Waals surface area contributed by atoms with E-state index in [2.05, 4.69) is 9.88 Å². The van der Waals surface area contributed by atoms with Crippen molar-refractivity contribution in [3.63, 3.8) is 0 Å². The summed E-state index contributed by atoms with van der Waals surface area (Å²) in [5.41, 5.74) is 4.73. The molecule has 1 aliphatic carbocycles. The highest BCUT2D eigenvalue weighted by molar-refractivity contribution is 6.01. The molecule has 2 fully saturated rings. The highest BCUT2D eigenvalue weighted by Crippen LogP contribution is 2.35. The standard InChI is InChI=1S/C18H28N4O3/c1-2-9-22-16(19)15(17(24)20-18(22)25)14(23)11-21-10-5-7-12-6-3-4-8-13(12)21/h12-13H,2-11,19H2,1H3,(H,20,24,25). The van der Waals surface area contributed by atoms with Gasteiger partial charge in [-0.05, 0) is 44.6 Å². The third-order valence-electron chi connectivity index (χ3n) is 5.67. The molecule has 2 aliphatic rings. The van der Waals surface area contributed by atoms with Gasteiger partial charge in [0.15, 0.2) is 5.78 Å². The molecule has 1 aliphatic heterocycles. The molecule has 2 unspecified atom stereocenters. The Balaban J connectivity index is 1.84. The monoisotopic (exact) mass is 348 g/mol. The molecule has 2 heterocycles. The Bertz CT molecular complexity index is 750. The van der Waals surface area contributed by atoms with E-state index in [0.29, 0.717) is 24.9 Å². The first-order valence-electron chi connectivity index (χ1n) is 9.42. The summed E-state index contributed by atoms with van der Waals surface area (Å²) in [4.78, 5) is 41.4. The molecule has 1 aromatic rings. The zero-order valence-corrected chi connectivity index (χ0v) is 14.9. The van der Waals surface area contributed by atoms with Crippen molar-refractivity contribution in [2.24, 2.45) is 5.92 Å². The number of nitrogens with zero attached hydrogens (tertiary/aromatic N) is 2.